The van der Waals surface area contributed by atoms with E-state index >= 15 is 0 Å². The molecule has 1 aromatic rings. The molecular weight excluding hydrogens is 206 g/mol. The van der Waals surface area contributed by atoms with E-state index in [0.29, 0.717) is 0 Å². The molecular formula is C10H19N5O. The van der Waals surface area contributed by atoms with Gasteiger partial charge in [0.1, 0.15) is 12.2 Å². The zero-order valence-corrected chi connectivity index (χ0v) is 9.58. The fourth-order valence-corrected chi connectivity index (χ4v) is 2.16. The van der Waals surface area contributed by atoms with E-state index in [9.17, 15) is 5.11 Å². The molecule has 0 bridgehead atoms. The molecule has 6 nitrogen and oxygen atoms in total. The topological polar surface area (TPSA) is 80.2 Å². The maximum absolute atomic E-state index is 9.41. The first-order chi connectivity index (χ1) is 7.76. The van der Waals surface area contributed by atoms with Gasteiger partial charge >= 0.3 is 0 Å². The molecule has 2 heterocycles. The Morgan fingerprint density at radius 1 is 1.56 bits per heavy atom. The van der Waals surface area contributed by atoms with Crippen LogP contribution in [0.3, 0.4) is 0 Å². The van der Waals surface area contributed by atoms with E-state index < -0.39 is 0 Å². The number of aliphatic hydroxyl groups is 1. The van der Waals surface area contributed by atoms with Gasteiger partial charge in [0.2, 0.25) is 0 Å². The van der Waals surface area contributed by atoms with Crippen molar-refractivity contribution >= 4 is 0 Å². The zero-order chi connectivity index (χ0) is 11.5. The molecule has 6 heteroatoms. The number of hydrogen-bond donors (Lipinski definition) is 2. The minimum absolute atomic E-state index is 0.0134. The van der Waals surface area contributed by atoms with Gasteiger partial charge in [0.25, 0.3) is 0 Å². The van der Waals surface area contributed by atoms with Crippen LogP contribution in [0.25, 0.3) is 0 Å². The van der Waals surface area contributed by atoms with Gasteiger partial charge in [-0.3, -0.25) is 4.90 Å². The Bertz CT molecular complexity index is 340. The molecule has 90 valence electrons. The van der Waals surface area contributed by atoms with Crippen LogP contribution in [0.2, 0.25) is 0 Å². The van der Waals surface area contributed by atoms with Crippen molar-refractivity contribution in [3.8, 4) is 0 Å². The molecule has 0 saturated carbocycles. The number of nitrogens with two attached hydrogens (primary N) is 1. The number of nitrogens with zero attached hydrogens (tertiary/aromatic N) is 4. The first-order valence-corrected chi connectivity index (χ1v) is 5.73. The van der Waals surface area contributed by atoms with Gasteiger partial charge < -0.3 is 15.4 Å². The van der Waals surface area contributed by atoms with E-state index in [1.807, 2.05) is 11.5 Å². The van der Waals surface area contributed by atoms with E-state index in [1.54, 1.807) is 6.33 Å². The third-order valence-corrected chi connectivity index (χ3v) is 3.29. The summed E-state index contributed by atoms with van der Waals surface area (Å²) in [7, 11) is 0. The molecule has 1 aliphatic rings. The van der Waals surface area contributed by atoms with Crippen molar-refractivity contribution in [3.63, 3.8) is 0 Å². The number of fused-ring (bicyclic) bond motifs is 1. The highest BCUT2D eigenvalue weighted by Gasteiger charge is 2.27. The summed E-state index contributed by atoms with van der Waals surface area (Å²) >= 11 is 0. The summed E-state index contributed by atoms with van der Waals surface area (Å²) in [6.07, 6.45) is 2.62. The Balaban J connectivity index is 2.06. The first-order valence-electron chi connectivity index (χ1n) is 5.73. The van der Waals surface area contributed by atoms with Crippen LogP contribution in [0.1, 0.15) is 19.2 Å². The molecule has 0 amide bonds. The molecule has 2 unspecified atom stereocenters. The number of aromatic nitrogens is 3. The standard InChI is InChI=1S/C10H19N5O/c1-2-8(11)9(6-16)14-3-4-15-7-12-13-10(15)5-14/h7-9,16H,2-6,11H2,1H3. The summed E-state index contributed by atoms with van der Waals surface area (Å²) in [5.41, 5.74) is 6.01. The summed E-state index contributed by atoms with van der Waals surface area (Å²) in [5, 5.41) is 17.4. The molecule has 0 saturated heterocycles. The number of rotatable bonds is 4. The van der Waals surface area contributed by atoms with Gasteiger partial charge in [-0.25, -0.2) is 0 Å². The molecule has 0 aromatic carbocycles. The van der Waals surface area contributed by atoms with Crippen LogP contribution >= 0.6 is 0 Å². The zero-order valence-electron chi connectivity index (χ0n) is 9.58. The molecule has 1 aliphatic heterocycles. The lowest BCUT2D eigenvalue weighted by Crippen LogP contribution is -2.52. The van der Waals surface area contributed by atoms with Crippen LogP contribution in [0, 0.1) is 0 Å². The monoisotopic (exact) mass is 225 g/mol. The minimum Gasteiger partial charge on any atom is -0.395 e. The quantitative estimate of drug-likeness (QED) is 0.700. The molecule has 0 radical (unpaired) electrons. The van der Waals surface area contributed by atoms with Crippen LogP contribution in [0.5, 0.6) is 0 Å². The van der Waals surface area contributed by atoms with Crippen molar-refractivity contribution < 1.29 is 5.11 Å². The maximum Gasteiger partial charge on any atom is 0.147 e. The van der Waals surface area contributed by atoms with Crippen LogP contribution < -0.4 is 5.73 Å². The highest BCUT2D eigenvalue weighted by Crippen LogP contribution is 2.14. The van der Waals surface area contributed by atoms with Crippen molar-refractivity contribution in [1.29, 1.82) is 0 Å². The first kappa shape index (κ1) is 11.5. The third-order valence-electron chi connectivity index (χ3n) is 3.29. The SMILES string of the molecule is CCC(N)C(CO)N1CCn2cnnc2C1. The second-order valence-electron chi connectivity index (χ2n) is 4.23. The minimum atomic E-state index is 0.0134. The summed E-state index contributed by atoms with van der Waals surface area (Å²) in [6, 6.07) is 0.0370. The van der Waals surface area contributed by atoms with Gasteiger partial charge in [-0.1, -0.05) is 6.92 Å². The molecule has 2 atom stereocenters. The lowest BCUT2D eigenvalue weighted by molar-refractivity contribution is 0.0787. The Morgan fingerprint density at radius 2 is 2.38 bits per heavy atom. The molecule has 0 spiro atoms. The summed E-state index contributed by atoms with van der Waals surface area (Å²) in [5.74, 6) is 0.952. The van der Waals surface area contributed by atoms with Crippen LogP contribution in [-0.4, -0.2) is 50.0 Å². The predicted octanol–water partition coefficient (Wildman–Crippen LogP) is -0.808. The fourth-order valence-electron chi connectivity index (χ4n) is 2.16. The summed E-state index contributed by atoms with van der Waals surface area (Å²) in [4.78, 5) is 2.19. The van der Waals surface area contributed by atoms with E-state index in [1.165, 1.54) is 0 Å². The Morgan fingerprint density at radius 3 is 3.06 bits per heavy atom. The van der Waals surface area contributed by atoms with Crippen molar-refractivity contribution in [1.82, 2.24) is 19.7 Å². The van der Waals surface area contributed by atoms with Crippen LogP contribution in [-0.2, 0) is 13.1 Å². The predicted molar refractivity (Wildman–Crippen MR) is 59.6 cm³/mol. The molecule has 2 rings (SSSR count). The molecule has 1 aromatic heterocycles. The number of aliphatic hydroxyl groups excluding tert-OH is 1. The van der Waals surface area contributed by atoms with Gasteiger partial charge in [0.15, 0.2) is 0 Å². The van der Waals surface area contributed by atoms with Crippen molar-refractivity contribution in [2.24, 2.45) is 5.73 Å². The average Bonchev–Trinajstić information content (AvgIpc) is 2.77. The van der Waals surface area contributed by atoms with Crippen molar-refractivity contribution in [2.75, 3.05) is 13.2 Å². The van der Waals surface area contributed by atoms with E-state index in [2.05, 4.69) is 15.1 Å². The van der Waals surface area contributed by atoms with Crippen LogP contribution in [0.4, 0.5) is 0 Å². The lowest BCUT2D eigenvalue weighted by atomic mass is 10.1. The Hall–Kier alpha value is -0.980. The largest absolute Gasteiger partial charge is 0.395 e. The number of hydrogen-bond acceptors (Lipinski definition) is 5. The van der Waals surface area contributed by atoms with Gasteiger partial charge in [-0.15, -0.1) is 10.2 Å². The Labute approximate surface area is 95.1 Å². The molecule has 0 aliphatic carbocycles. The normalized spacial score (nSPS) is 20.4. The Kier molecular flexibility index (Phi) is 3.52. The van der Waals surface area contributed by atoms with E-state index in [4.69, 9.17) is 5.73 Å². The van der Waals surface area contributed by atoms with Crippen molar-refractivity contribution in [3.05, 3.63) is 12.2 Å². The summed E-state index contributed by atoms with van der Waals surface area (Å²) in [6.45, 7) is 4.63. The van der Waals surface area contributed by atoms with Gasteiger partial charge in [-0.2, -0.15) is 0 Å². The summed E-state index contributed by atoms with van der Waals surface area (Å²) < 4.78 is 2.04. The molecule has 16 heavy (non-hydrogen) atoms. The second kappa shape index (κ2) is 4.90. The van der Waals surface area contributed by atoms with Crippen molar-refractivity contribution in [2.45, 2.75) is 38.5 Å². The van der Waals surface area contributed by atoms with Gasteiger partial charge in [0.05, 0.1) is 13.2 Å². The fraction of sp³-hybridized carbons (Fsp3) is 0.800. The average molecular weight is 225 g/mol. The third kappa shape index (κ3) is 2.09. The molecule has 3 N–H and O–H groups in total. The highest BCUT2D eigenvalue weighted by atomic mass is 16.3. The maximum atomic E-state index is 9.41. The van der Waals surface area contributed by atoms with Crippen LogP contribution in [0.15, 0.2) is 6.33 Å². The van der Waals surface area contributed by atoms with Gasteiger partial charge in [-0.05, 0) is 6.42 Å². The lowest BCUT2D eigenvalue weighted by Gasteiger charge is -2.36. The second-order valence-corrected chi connectivity index (χ2v) is 4.23. The smallest absolute Gasteiger partial charge is 0.147 e. The van der Waals surface area contributed by atoms with Gasteiger partial charge in [0, 0.05) is 25.2 Å². The highest BCUT2D eigenvalue weighted by molar-refractivity contribution is 4.93. The van der Waals surface area contributed by atoms with E-state index in [0.717, 1.165) is 31.9 Å². The van der Waals surface area contributed by atoms with E-state index in [-0.39, 0.29) is 18.7 Å². The molecule has 0 fully saturated rings.